The number of halogens is 1. The van der Waals surface area contributed by atoms with Gasteiger partial charge in [-0.05, 0) is 48.9 Å². The summed E-state index contributed by atoms with van der Waals surface area (Å²) >= 11 is 0. The average molecular weight is 492 g/mol. The van der Waals surface area contributed by atoms with E-state index in [9.17, 15) is 9.18 Å². The molecule has 2 amide bonds. The summed E-state index contributed by atoms with van der Waals surface area (Å²) in [5.41, 5.74) is 3.45. The molecule has 36 heavy (non-hydrogen) atoms. The van der Waals surface area contributed by atoms with Gasteiger partial charge in [-0.2, -0.15) is 0 Å². The van der Waals surface area contributed by atoms with Crippen molar-refractivity contribution in [3.8, 4) is 5.75 Å². The maximum atomic E-state index is 13.7. The number of carbonyl (C=O) groups excluding carboxylic acids is 1. The first-order valence-corrected chi connectivity index (χ1v) is 12.3. The Morgan fingerprint density at radius 2 is 1.92 bits per heavy atom. The van der Waals surface area contributed by atoms with Crippen LogP contribution in [0.5, 0.6) is 5.75 Å². The minimum atomic E-state index is -0.270. The Morgan fingerprint density at radius 3 is 2.67 bits per heavy atom. The fourth-order valence-corrected chi connectivity index (χ4v) is 4.57. The summed E-state index contributed by atoms with van der Waals surface area (Å²) in [6.07, 6.45) is 1.08. The first kappa shape index (κ1) is 24.0. The summed E-state index contributed by atoms with van der Waals surface area (Å²) in [5, 5.41) is 2.98. The molecule has 5 rings (SSSR count). The molecular weight excluding hydrogens is 461 g/mol. The number of nitrogens with zero attached hydrogens (tertiary/aromatic N) is 4. The van der Waals surface area contributed by atoms with E-state index in [0.29, 0.717) is 57.3 Å². The third-order valence-corrected chi connectivity index (χ3v) is 6.35. The molecule has 0 unspecified atom stereocenters. The predicted octanol–water partition coefficient (Wildman–Crippen LogP) is 4.03. The zero-order chi connectivity index (χ0) is 24.9. The molecule has 3 heterocycles. The zero-order valence-electron chi connectivity index (χ0n) is 20.4. The zero-order valence-corrected chi connectivity index (χ0v) is 20.4. The minimum Gasteiger partial charge on any atom is -0.494 e. The van der Waals surface area contributed by atoms with E-state index in [1.54, 1.807) is 11.0 Å². The second kappa shape index (κ2) is 10.9. The fraction of sp³-hybridized carbons (Fsp3) is 0.370. The molecule has 0 radical (unpaired) electrons. The van der Waals surface area contributed by atoms with Crippen LogP contribution < -0.4 is 15.0 Å². The van der Waals surface area contributed by atoms with Crippen molar-refractivity contribution in [1.29, 1.82) is 0 Å². The molecular formula is C27H30FN5O3. The Kier molecular flexibility index (Phi) is 7.27. The number of hydrogen-bond donors (Lipinski definition) is 1. The van der Waals surface area contributed by atoms with Crippen LogP contribution in [0, 0.1) is 5.82 Å². The van der Waals surface area contributed by atoms with E-state index in [0.717, 1.165) is 41.5 Å². The lowest BCUT2D eigenvalue weighted by molar-refractivity contribution is 0.122. The largest absolute Gasteiger partial charge is 0.494 e. The highest BCUT2D eigenvalue weighted by Gasteiger charge is 2.28. The number of hydrogen-bond acceptors (Lipinski definition) is 6. The first-order valence-electron chi connectivity index (χ1n) is 12.3. The third kappa shape index (κ3) is 5.57. The number of benzene rings is 2. The summed E-state index contributed by atoms with van der Waals surface area (Å²) < 4.78 is 24.7. The molecule has 0 aliphatic carbocycles. The Balaban J connectivity index is 1.37. The van der Waals surface area contributed by atoms with E-state index in [1.807, 2.05) is 37.3 Å². The Labute approximate surface area is 210 Å². The summed E-state index contributed by atoms with van der Waals surface area (Å²) in [4.78, 5) is 26.8. The molecule has 1 saturated heterocycles. The van der Waals surface area contributed by atoms with Crippen LogP contribution in [0.1, 0.15) is 29.6 Å². The number of aromatic nitrogens is 2. The molecule has 2 aliphatic rings. The molecule has 0 saturated carbocycles. The van der Waals surface area contributed by atoms with Crippen LogP contribution >= 0.6 is 0 Å². The molecule has 2 aliphatic heterocycles. The lowest BCUT2D eigenvalue weighted by Crippen LogP contribution is -2.42. The third-order valence-electron chi connectivity index (χ3n) is 6.35. The van der Waals surface area contributed by atoms with Gasteiger partial charge in [-0.3, -0.25) is 0 Å². The molecule has 2 aromatic carbocycles. The number of nitrogens with one attached hydrogen (secondary N) is 1. The summed E-state index contributed by atoms with van der Waals surface area (Å²) in [5.74, 6) is 2.00. The molecule has 8 nitrogen and oxygen atoms in total. The van der Waals surface area contributed by atoms with E-state index in [4.69, 9.17) is 19.4 Å². The topological polar surface area (TPSA) is 79.8 Å². The highest BCUT2D eigenvalue weighted by Crippen LogP contribution is 2.29. The monoisotopic (exact) mass is 491 g/mol. The SMILES string of the molecule is CCOc1ccc(NC(=O)N2CCc3nc(Cc4cccc(F)c4)nc(N4CCOCC4)c3C2)cc1. The van der Waals surface area contributed by atoms with E-state index < -0.39 is 0 Å². The number of amides is 2. The molecule has 0 atom stereocenters. The summed E-state index contributed by atoms with van der Waals surface area (Å²) in [7, 11) is 0. The van der Waals surface area contributed by atoms with E-state index in [2.05, 4.69) is 10.2 Å². The van der Waals surface area contributed by atoms with Crippen molar-refractivity contribution < 1.29 is 18.7 Å². The van der Waals surface area contributed by atoms with Crippen LogP contribution in [0.3, 0.4) is 0 Å². The molecule has 9 heteroatoms. The number of rotatable bonds is 6. The highest BCUT2D eigenvalue weighted by molar-refractivity contribution is 5.89. The lowest BCUT2D eigenvalue weighted by Gasteiger charge is -2.34. The average Bonchev–Trinajstić information content (AvgIpc) is 2.90. The Hall–Kier alpha value is -3.72. The predicted molar refractivity (Wildman–Crippen MR) is 135 cm³/mol. The van der Waals surface area contributed by atoms with Crippen LogP contribution in [0.4, 0.5) is 20.7 Å². The lowest BCUT2D eigenvalue weighted by atomic mass is 10.0. The normalized spacial score (nSPS) is 15.4. The van der Waals surface area contributed by atoms with Crippen LogP contribution in [0.25, 0.3) is 0 Å². The smallest absolute Gasteiger partial charge is 0.322 e. The number of morpholine rings is 1. The van der Waals surface area contributed by atoms with Gasteiger partial charge in [0.25, 0.3) is 0 Å². The van der Waals surface area contributed by atoms with Gasteiger partial charge in [0.05, 0.1) is 32.1 Å². The quantitative estimate of drug-likeness (QED) is 0.561. The highest BCUT2D eigenvalue weighted by atomic mass is 19.1. The number of ether oxygens (including phenoxy) is 2. The van der Waals surface area contributed by atoms with Gasteiger partial charge in [-0.1, -0.05) is 12.1 Å². The standard InChI is InChI=1S/C27H30FN5O3/c1-2-36-22-8-6-21(7-9-22)29-27(34)33-11-10-24-23(18-33)26(32-12-14-35-15-13-32)31-25(30-24)17-19-4-3-5-20(28)16-19/h3-9,16H,2,10-15,17-18H2,1H3,(H,29,34). The summed E-state index contributed by atoms with van der Waals surface area (Å²) in [6, 6.07) is 13.7. The van der Waals surface area contributed by atoms with E-state index in [-0.39, 0.29) is 11.8 Å². The van der Waals surface area contributed by atoms with E-state index >= 15 is 0 Å². The second-order valence-corrected chi connectivity index (χ2v) is 8.85. The van der Waals surface area contributed by atoms with Crippen molar-refractivity contribution in [2.45, 2.75) is 26.3 Å². The number of fused-ring (bicyclic) bond motifs is 1. The van der Waals surface area contributed by atoms with Crippen molar-refractivity contribution in [2.24, 2.45) is 0 Å². The van der Waals surface area contributed by atoms with Crippen LogP contribution in [-0.4, -0.2) is 60.4 Å². The van der Waals surface area contributed by atoms with Gasteiger partial charge in [0.15, 0.2) is 0 Å². The van der Waals surface area contributed by atoms with Crippen molar-refractivity contribution in [2.75, 3.05) is 49.7 Å². The first-order chi connectivity index (χ1) is 17.6. The van der Waals surface area contributed by atoms with Gasteiger partial charge in [0.1, 0.15) is 23.2 Å². The maximum Gasteiger partial charge on any atom is 0.322 e. The van der Waals surface area contributed by atoms with Crippen LogP contribution in [0.2, 0.25) is 0 Å². The minimum absolute atomic E-state index is 0.165. The van der Waals surface area contributed by atoms with Gasteiger partial charge in [-0.15, -0.1) is 0 Å². The molecule has 1 N–H and O–H groups in total. The molecule has 0 spiro atoms. The van der Waals surface area contributed by atoms with Gasteiger partial charge < -0.3 is 24.6 Å². The van der Waals surface area contributed by atoms with Crippen molar-refractivity contribution in [3.63, 3.8) is 0 Å². The maximum absolute atomic E-state index is 13.7. The van der Waals surface area contributed by atoms with Crippen LogP contribution in [-0.2, 0) is 24.1 Å². The Bertz CT molecular complexity index is 1210. The van der Waals surface area contributed by atoms with Gasteiger partial charge in [0, 0.05) is 43.7 Å². The Morgan fingerprint density at radius 1 is 1.11 bits per heavy atom. The second-order valence-electron chi connectivity index (χ2n) is 8.85. The number of carbonyl (C=O) groups is 1. The fourth-order valence-electron chi connectivity index (χ4n) is 4.57. The van der Waals surface area contributed by atoms with Crippen LogP contribution in [0.15, 0.2) is 48.5 Å². The van der Waals surface area contributed by atoms with Gasteiger partial charge in [-0.25, -0.2) is 19.2 Å². The molecule has 188 valence electrons. The number of anilines is 2. The van der Waals surface area contributed by atoms with Crippen molar-refractivity contribution >= 4 is 17.5 Å². The van der Waals surface area contributed by atoms with Crippen molar-refractivity contribution in [1.82, 2.24) is 14.9 Å². The van der Waals surface area contributed by atoms with Gasteiger partial charge in [0.2, 0.25) is 0 Å². The molecule has 1 aromatic heterocycles. The molecule has 3 aromatic rings. The van der Waals surface area contributed by atoms with Gasteiger partial charge >= 0.3 is 6.03 Å². The number of urea groups is 1. The van der Waals surface area contributed by atoms with E-state index in [1.165, 1.54) is 12.1 Å². The molecule has 0 bridgehead atoms. The molecule has 1 fully saturated rings. The summed E-state index contributed by atoms with van der Waals surface area (Å²) in [6.45, 7) is 6.20. The van der Waals surface area contributed by atoms with Crippen molar-refractivity contribution in [3.05, 3.63) is 77.0 Å².